The maximum Gasteiger partial charge on any atom is 0.252 e. The fourth-order valence-corrected chi connectivity index (χ4v) is 2.40. The molecule has 1 aliphatic rings. The summed E-state index contributed by atoms with van der Waals surface area (Å²) in [7, 11) is 0. The van der Waals surface area contributed by atoms with Gasteiger partial charge in [-0.1, -0.05) is 11.6 Å². The van der Waals surface area contributed by atoms with Crippen molar-refractivity contribution in [1.29, 1.82) is 0 Å². The molecule has 1 aromatic rings. The summed E-state index contributed by atoms with van der Waals surface area (Å²) < 4.78 is 0. The number of amides is 2. The molecule has 1 saturated carbocycles. The van der Waals surface area contributed by atoms with Crippen LogP contribution < -0.4 is 10.6 Å². The van der Waals surface area contributed by atoms with Crippen LogP contribution in [0.5, 0.6) is 0 Å². The van der Waals surface area contributed by atoms with Gasteiger partial charge in [0.1, 0.15) is 0 Å². The third-order valence-corrected chi connectivity index (χ3v) is 4.13. The highest BCUT2D eigenvalue weighted by Gasteiger charge is 2.28. The van der Waals surface area contributed by atoms with Gasteiger partial charge in [-0.05, 0) is 37.3 Å². The van der Waals surface area contributed by atoms with Crippen LogP contribution >= 0.6 is 23.4 Å². The Labute approximate surface area is 127 Å². The number of benzene rings is 1. The molecule has 6 heteroatoms. The zero-order chi connectivity index (χ0) is 14.5. The molecule has 0 bridgehead atoms. The van der Waals surface area contributed by atoms with E-state index in [1.807, 2.05) is 12.3 Å². The smallest absolute Gasteiger partial charge is 0.252 e. The van der Waals surface area contributed by atoms with Gasteiger partial charge in [0.2, 0.25) is 5.91 Å². The molecule has 0 aromatic heterocycles. The van der Waals surface area contributed by atoms with E-state index in [1.54, 1.807) is 23.9 Å². The molecule has 1 aromatic carbocycles. The quantitative estimate of drug-likeness (QED) is 0.626. The molecule has 20 heavy (non-hydrogen) atoms. The van der Waals surface area contributed by atoms with Crippen molar-refractivity contribution in [3.8, 4) is 0 Å². The van der Waals surface area contributed by atoms with Crippen LogP contribution in [0.4, 0.5) is 0 Å². The summed E-state index contributed by atoms with van der Waals surface area (Å²) in [6, 6.07) is 5.36. The minimum atomic E-state index is -0.216. The lowest BCUT2D eigenvalue weighted by Gasteiger charge is -2.09. The van der Waals surface area contributed by atoms with Crippen LogP contribution in [0.3, 0.4) is 0 Å². The second-order valence-electron chi connectivity index (χ2n) is 4.67. The number of thioether (sulfide) groups is 1. The molecule has 2 N–H and O–H groups in total. The topological polar surface area (TPSA) is 58.2 Å². The first-order valence-corrected chi connectivity index (χ1v) is 8.11. The lowest BCUT2D eigenvalue weighted by Crippen LogP contribution is -2.35. The molecule has 0 radical (unpaired) electrons. The molecule has 108 valence electrons. The summed E-state index contributed by atoms with van der Waals surface area (Å²) in [5.41, 5.74) is 0.465. The van der Waals surface area contributed by atoms with E-state index in [1.165, 1.54) is 0 Å². The molecular formula is C14H17ClN2O2S. The number of halogens is 1. The maximum absolute atomic E-state index is 12.0. The first-order valence-electron chi connectivity index (χ1n) is 6.51. The molecule has 2 amide bonds. The van der Waals surface area contributed by atoms with Crippen molar-refractivity contribution in [2.45, 2.75) is 17.7 Å². The summed E-state index contributed by atoms with van der Waals surface area (Å²) in [6.45, 7) is 0.845. The van der Waals surface area contributed by atoms with Gasteiger partial charge in [-0.15, -0.1) is 11.8 Å². The van der Waals surface area contributed by atoms with Crippen LogP contribution in [0.15, 0.2) is 23.1 Å². The van der Waals surface area contributed by atoms with Crippen molar-refractivity contribution in [2.75, 3.05) is 19.3 Å². The zero-order valence-electron chi connectivity index (χ0n) is 11.2. The van der Waals surface area contributed by atoms with Gasteiger partial charge in [0.15, 0.2) is 0 Å². The van der Waals surface area contributed by atoms with Gasteiger partial charge in [0.25, 0.3) is 5.91 Å². The number of nitrogens with one attached hydrogen (secondary N) is 2. The third-order valence-electron chi connectivity index (χ3n) is 3.08. The number of carbonyl (C=O) groups excluding carboxylic acids is 2. The van der Waals surface area contributed by atoms with E-state index >= 15 is 0 Å². The molecule has 0 aliphatic heterocycles. The molecule has 0 unspecified atom stereocenters. The molecule has 1 fully saturated rings. The van der Waals surface area contributed by atoms with Gasteiger partial charge in [-0.3, -0.25) is 9.59 Å². The SMILES string of the molecule is CSc1ccc(Cl)c(C(=O)NCCNC(=O)C2CC2)c1. The van der Waals surface area contributed by atoms with Crippen LogP contribution in [-0.4, -0.2) is 31.2 Å². The fraction of sp³-hybridized carbons (Fsp3) is 0.429. The molecule has 2 rings (SSSR count). The van der Waals surface area contributed by atoms with E-state index in [9.17, 15) is 9.59 Å². The Morgan fingerprint density at radius 1 is 1.30 bits per heavy atom. The fourth-order valence-electron chi connectivity index (χ4n) is 1.75. The van der Waals surface area contributed by atoms with Crippen LogP contribution in [0.2, 0.25) is 5.02 Å². The van der Waals surface area contributed by atoms with Crippen molar-refractivity contribution in [3.05, 3.63) is 28.8 Å². The second kappa shape index (κ2) is 6.99. The molecule has 1 aliphatic carbocycles. The average molecular weight is 313 g/mol. The average Bonchev–Trinajstić information content (AvgIpc) is 3.28. The Kier molecular flexibility index (Phi) is 5.31. The highest BCUT2D eigenvalue weighted by atomic mass is 35.5. The summed E-state index contributed by atoms with van der Waals surface area (Å²) >= 11 is 7.58. The van der Waals surface area contributed by atoms with Crippen molar-refractivity contribution < 1.29 is 9.59 Å². The standard InChI is InChI=1S/C14H17ClN2O2S/c1-20-10-4-5-12(15)11(8-10)14(19)17-7-6-16-13(18)9-2-3-9/h4-5,8-9H,2-3,6-7H2,1H3,(H,16,18)(H,17,19). The lowest BCUT2D eigenvalue weighted by atomic mass is 10.2. The number of hydrogen-bond donors (Lipinski definition) is 2. The van der Waals surface area contributed by atoms with Gasteiger partial charge >= 0.3 is 0 Å². The van der Waals surface area contributed by atoms with Gasteiger partial charge in [-0.2, -0.15) is 0 Å². The highest BCUT2D eigenvalue weighted by molar-refractivity contribution is 7.98. The predicted octanol–water partition coefficient (Wildman–Crippen LogP) is 2.32. The van der Waals surface area contributed by atoms with E-state index in [4.69, 9.17) is 11.6 Å². The Morgan fingerprint density at radius 2 is 2.00 bits per heavy atom. The lowest BCUT2D eigenvalue weighted by molar-refractivity contribution is -0.122. The van der Waals surface area contributed by atoms with Crippen LogP contribution in [0, 0.1) is 5.92 Å². The van der Waals surface area contributed by atoms with Gasteiger partial charge in [0, 0.05) is 23.9 Å². The summed E-state index contributed by atoms with van der Waals surface area (Å²) in [6.07, 6.45) is 3.91. The molecule has 0 saturated heterocycles. The Balaban J connectivity index is 1.80. The normalized spacial score (nSPS) is 13.9. The van der Waals surface area contributed by atoms with E-state index in [0.717, 1.165) is 17.7 Å². The van der Waals surface area contributed by atoms with Gasteiger partial charge in [0.05, 0.1) is 10.6 Å². The molecule has 4 nitrogen and oxygen atoms in total. The number of carbonyl (C=O) groups is 2. The summed E-state index contributed by atoms with van der Waals surface area (Å²) in [5, 5.41) is 5.99. The minimum absolute atomic E-state index is 0.0849. The van der Waals surface area contributed by atoms with Crippen LogP contribution in [0.25, 0.3) is 0 Å². The predicted molar refractivity (Wildman–Crippen MR) is 81.3 cm³/mol. The van der Waals surface area contributed by atoms with Crippen molar-refractivity contribution in [3.63, 3.8) is 0 Å². The number of hydrogen-bond acceptors (Lipinski definition) is 3. The van der Waals surface area contributed by atoms with Gasteiger partial charge in [-0.25, -0.2) is 0 Å². The van der Waals surface area contributed by atoms with E-state index in [0.29, 0.717) is 23.7 Å². The first kappa shape index (κ1) is 15.2. The van der Waals surface area contributed by atoms with E-state index in [-0.39, 0.29) is 17.7 Å². The van der Waals surface area contributed by atoms with E-state index in [2.05, 4.69) is 10.6 Å². The molecule has 0 atom stereocenters. The summed E-state index contributed by atoms with van der Waals surface area (Å²) in [4.78, 5) is 24.4. The summed E-state index contributed by atoms with van der Waals surface area (Å²) in [5.74, 6) is 0.0617. The third kappa shape index (κ3) is 4.15. The zero-order valence-corrected chi connectivity index (χ0v) is 12.8. The van der Waals surface area contributed by atoms with Crippen LogP contribution in [0.1, 0.15) is 23.2 Å². The number of rotatable bonds is 6. The second-order valence-corrected chi connectivity index (χ2v) is 5.95. The van der Waals surface area contributed by atoms with Crippen LogP contribution in [-0.2, 0) is 4.79 Å². The Hall–Kier alpha value is -1.20. The molecule has 0 heterocycles. The highest BCUT2D eigenvalue weighted by Crippen LogP contribution is 2.28. The Morgan fingerprint density at radius 3 is 2.65 bits per heavy atom. The van der Waals surface area contributed by atoms with E-state index < -0.39 is 0 Å². The van der Waals surface area contributed by atoms with Gasteiger partial charge < -0.3 is 10.6 Å². The monoisotopic (exact) mass is 312 g/mol. The molecule has 0 spiro atoms. The van der Waals surface area contributed by atoms with Crippen molar-refractivity contribution in [2.24, 2.45) is 5.92 Å². The Bertz CT molecular complexity index is 518. The molecular weight excluding hydrogens is 296 g/mol. The first-order chi connectivity index (χ1) is 9.61. The largest absolute Gasteiger partial charge is 0.354 e. The maximum atomic E-state index is 12.0. The minimum Gasteiger partial charge on any atom is -0.354 e. The van der Waals surface area contributed by atoms with Crippen molar-refractivity contribution >= 4 is 35.2 Å². The van der Waals surface area contributed by atoms with Crippen molar-refractivity contribution in [1.82, 2.24) is 10.6 Å².